The molecule has 0 aromatic rings. The minimum atomic E-state index is -0.199. The predicted octanol–water partition coefficient (Wildman–Crippen LogP) is 2.87. The van der Waals surface area contributed by atoms with Crippen LogP contribution in [0.15, 0.2) is 0 Å². The molecule has 17 heavy (non-hydrogen) atoms. The van der Waals surface area contributed by atoms with Crippen molar-refractivity contribution in [2.45, 2.75) is 51.6 Å². The zero-order valence-electron chi connectivity index (χ0n) is 10.7. The van der Waals surface area contributed by atoms with Crippen LogP contribution in [0.4, 0.5) is 0 Å². The van der Waals surface area contributed by atoms with Crippen LogP contribution in [0.2, 0.25) is 0 Å². The van der Waals surface area contributed by atoms with Crippen LogP contribution in [0, 0.1) is 5.92 Å². The first-order chi connectivity index (χ1) is 8.27. The number of ether oxygens (including phenoxy) is 1. The predicted molar refractivity (Wildman–Crippen MR) is 73.4 cm³/mol. The van der Waals surface area contributed by atoms with Crippen LogP contribution >= 0.6 is 15.9 Å². The Bertz CT molecular complexity index is 211. The Morgan fingerprint density at radius 2 is 2.29 bits per heavy atom. The Labute approximate surface area is 113 Å². The van der Waals surface area contributed by atoms with Crippen LogP contribution in [0.5, 0.6) is 0 Å². The van der Waals surface area contributed by atoms with Gasteiger partial charge < -0.3 is 10.1 Å². The molecular formula is C13H24BrNO2. The van der Waals surface area contributed by atoms with E-state index in [1.165, 1.54) is 12.8 Å². The maximum Gasteiger partial charge on any atom is 0.249 e. The number of nitrogens with one attached hydrogen (secondary N) is 1. The van der Waals surface area contributed by atoms with Crippen molar-refractivity contribution in [1.29, 1.82) is 0 Å². The molecule has 1 saturated heterocycles. The van der Waals surface area contributed by atoms with Crippen LogP contribution in [0.1, 0.15) is 45.4 Å². The Morgan fingerprint density at radius 3 is 2.88 bits per heavy atom. The van der Waals surface area contributed by atoms with Crippen LogP contribution in [0.25, 0.3) is 0 Å². The standard InChI is InChI=1S/C13H24BrNO2/c1-2-5-11(7-8-14)10-15-13(16)12-6-3-4-9-17-12/h11-12H,2-10H2,1H3,(H,15,16). The quantitative estimate of drug-likeness (QED) is 0.735. The van der Waals surface area contributed by atoms with Crippen LogP contribution in [0.3, 0.4) is 0 Å². The number of halogens is 1. The molecule has 2 atom stereocenters. The summed E-state index contributed by atoms with van der Waals surface area (Å²) in [6.07, 6.45) is 6.35. The highest BCUT2D eigenvalue weighted by molar-refractivity contribution is 9.09. The molecule has 1 amide bonds. The lowest BCUT2D eigenvalue weighted by Crippen LogP contribution is -2.40. The van der Waals surface area contributed by atoms with Crippen molar-refractivity contribution in [2.75, 3.05) is 18.5 Å². The topological polar surface area (TPSA) is 38.3 Å². The van der Waals surface area contributed by atoms with Gasteiger partial charge in [0.25, 0.3) is 0 Å². The van der Waals surface area contributed by atoms with Gasteiger partial charge in [0.05, 0.1) is 0 Å². The molecule has 100 valence electrons. The second-order valence-electron chi connectivity index (χ2n) is 4.73. The molecule has 0 aromatic heterocycles. The summed E-state index contributed by atoms with van der Waals surface area (Å²) in [6.45, 7) is 3.71. The zero-order valence-corrected chi connectivity index (χ0v) is 12.3. The summed E-state index contributed by atoms with van der Waals surface area (Å²) in [6, 6.07) is 0. The second-order valence-corrected chi connectivity index (χ2v) is 5.53. The molecule has 0 saturated carbocycles. The van der Waals surface area contributed by atoms with Gasteiger partial charge in [0.1, 0.15) is 6.10 Å². The SMILES string of the molecule is CCCC(CCBr)CNC(=O)C1CCCCO1. The summed E-state index contributed by atoms with van der Waals surface area (Å²) < 4.78 is 5.47. The highest BCUT2D eigenvalue weighted by atomic mass is 79.9. The van der Waals surface area contributed by atoms with Crippen molar-refractivity contribution in [2.24, 2.45) is 5.92 Å². The highest BCUT2D eigenvalue weighted by Crippen LogP contribution is 2.14. The lowest BCUT2D eigenvalue weighted by molar-refractivity contribution is -0.135. The number of rotatable bonds is 7. The Kier molecular flexibility index (Phi) is 7.86. The van der Waals surface area contributed by atoms with Crippen molar-refractivity contribution in [1.82, 2.24) is 5.32 Å². The smallest absolute Gasteiger partial charge is 0.249 e. The average Bonchev–Trinajstić information content (AvgIpc) is 2.37. The van der Waals surface area contributed by atoms with Crippen LogP contribution in [-0.4, -0.2) is 30.5 Å². The molecule has 2 unspecified atom stereocenters. The monoisotopic (exact) mass is 305 g/mol. The van der Waals surface area contributed by atoms with E-state index in [1.807, 2.05) is 0 Å². The number of carbonyl (C=O) groups is 1. The maximum absolute atomic E-state index is 11.9. The van der Waals surface area contributed by atoms with E-state index < -0.39 is 0 Å². The second kappa shape index (κ2) is 8.92. The van der Waals surface area contributed by atoms with Gasteiger partial charge >= 0.3 is 0 Å². The van der Waals surface area contributed by atoms with Gasteiger partial charge in [-0.1, -0.05) is 29.3 Å². The van der Waals surface area contributed by atoms with E-state index in [-0.39, 0.29) is 12.0 Å². The van der Waals surface area contributed by atoms with Gasteiger partial charge in [-0.05, 0) is 38.0 Å². The van der Waals surface area contributed by atoms with Crippen molar-refractivity contribution < 1.29 is 9.53 Å². The van der Waals surface area contributed by atoms with Gasteiger partial charge in [-0.25, -0.2) is 0 Å². The third-order valence-corrected chi connectivity index (χ3v) is 3.71. The van der Waals surface area contributed by atoms with Crippen LogP contribution in [-0.2, 0) is 9.53 Å². The Morgan fingerprint density at radius 1 is 1.47 bits per heavy atom. The summed E-state index contributed by atoms with van der Waals surface area (Å²) >= 11 is 3.47. The van der Waals surface area contributed by atoms with E-state index in [9.17, 15) is 4.79 Å². The van der Waals surface area contributed by atoms with Crippen molar-refractivity contribution in [3.63, 3.8) is 0 Å². The van der Waals surface area contributed by atoms with Gasteiger partial charge in [0, 0.05) is 18.5 Å². The molecule has 1 aliphatic heterocycles. The van der Waals surface area contributed by atoms with Gasteiger partial charge in [-0.3, -0.25) is 4.79 Å². The molecule has 1 heterocycles. The molecule has 0 aliphatic carbocycles. The summed E-state index contributed by atoms with van der Waals surface area (Å²) in [4.78, 5) is 11.9. The van der Waals surface area contributed by atoms with Gasteiger partial charge in [0.15, 0.2) is 0 Å². The Hall–Kier alpha value is -0.0900. The van der Waals surface area contributed by atoms with E-state index in [0.29, 0.717) is 5.92 Å². The normalized spacial score (nSPS) is 22.1. The number of hydrogen-bond acceptors (Lipinski definition) is 2. The lowest BCUT2D eigenvalue weighted by atomic mass is 10.0. The molecule has 0 aromatic carbocycles. The number of amides is 1. The largest absolute Gasteiger partial charge is 0.368 e. The summed E-state index contributed by atoms with van der Waals surface area (Å²) in [5.41, 5.74) is 0. The summed E-state index contributed by atoms with van der Waals surface area (Å²) in [7, 11) is 0. The fraction of sp³-hybridized carbons (Fsp3) is 0.923. The molecule has 1 fully saturated rings. The molecule has 1 N–H and O–H groups in total. The number of carbonyl (C=O) groups excluding carboxylic acids is 1. The van der Waals surface area contributed by atoms with Crippen molar-refractivity contribution in [3.8, 4) is 0 Å². The molecule has 1 rings (SSSR count). The van der Waals surface area contributed by atoms with Gasteiger partial charge in [-0.15, -0.1) is 0 Å². The van der Waals surface area contributed by atoms with E-state index >= 15 is 0 Å². The first-order valence-corrected chi connectivity index (χ1v) is 7.85. The zero-order chi connectivity index (χ0) is 12.5. The first kappa shape index (κ1) is 15.0. The highest BCUT2D eigenvalue weighted by Gasteiger charge is 2.22. The van der Waals surface area contributed by atoms with E-state index in [4.69, 9.17) is 4.74 Å². The average molecular weight is 306 g/mol. The molecule has 0 spiro atoms. The van der Waals surface area contributed by atoms with Crippen molar-refractivity contribution >= 4 is 21.8 Å². The fourth-order valence-electron chi connectivity index (χ4n) is 2.22. The minimum Gasteiger partial charge on any atom is -0.368 e. The molecule has 3 nitrogen and oxygen atoms in total. The molecule has 0 bridgehead atoms. The van der Waals surface area contributed by atoms with E-state index in [2.05, 4.69) is 28.2 Å². The summed E-state index contributed by atoms with van der Waals surface area (Å²) in [5, 5.41) is 4.04. The first-order valence-electron chi connectivity index (χ1n) is 6.73. The Balaban J connectivity index is 2.24. The molecular weight excluding hydrogens is 282 g/mol. The molecule has 0 radical (unpaired) electrons. The number of hydrogen-bond donors (Lipinski definition) is 1. The summed E-state index contributed by atoms with van der Waals surface area (Å²) in [5.74, 6) is 0.673. The van der Waals surface area contributed by atoms with Gasteiger partial charge in [-0.2, -0.15) is 0 Å². The van der Waals surface area contributed by atoms with Gasteiger partial charge in [0.2, 0.25) is 5.91 Å². The minimum absolute atomic E-state index is 0.0837. The molecule has 1 aliphatic rings. The third kappa shape index (κ3) is 5.87. The fourth-order valence-corrected chi connectivity index (χ4v) is 2.86. The van der Waals surface area contributed by atoms with Crippen LogP contribution < -0.4 is 5.32 Å². The maximum atomic E-state index is 11.9. The molecule has 4 heteroatoms. The van der Waals surface area contributed by atoms with E-state index in [1.54, 1.807) is 0 Å². The van der Waals surface area contributed by atoms with E-state index in [0.717, 1.165) is 44.2 Å². The lowest BCUT2D eigenvalue weighted by Gasteiger charge is -2.23. The third-order valence-electron chi connectivity index (χ3n) is 3.25. The van der Waals surface area contributed by atoms with Crippen molar-refractivity contribution in [3.05, 3.63) is 0 Å². The number of alkyl halides is 1.